The Kier molecular flexibility index (Phi) is 14.9. The summed E-state index contributed by atoms with van der Waals surface area (Å²) in [5, 5.41) is 1.57. The van der Waals surface area contributed by atoms with E-state index in [-0.39, 0.29) is 6.10 Å². The van der Waals surface area contributed by atoms with Gasteiger partial charge in [0.05, 0.1) is 15.2 Å². The quantitative estimate of drug-likeness (QED) is 0.152. The molecule has 0 aromatic heterocycles. The highest BCUT2D eigenvalue weighted by atomic mass is 28.3. The van der Waals surface area contributed by atoms with Gasteiger partial charge in [0, 0.05) is 11.1 Å². The van der Waals surface area contributed by atoms with Crippen molar-refractivity contribution in [3.05, 3.63) is 83.4 Å². The van der Waals surface area contributed by atoms with Crippen molar-refractivity contribution >= 4 is 31.5 Å². The third-order valence-electron chi connectivity index (χ3n) is 10.3. The predicted molar refractivity (Wildman–Crippen MR) is 210 cm³/mol. The van der Waals surface area contributed by atoms with E-state index >= 15 is 0 Å². The van der Waals surface area contributed by atoms with Crippen LogP contribution in [0.4, 0.5) is 0 Å². The molecule has 0 fully saturated rings. The highest BCUT2D eigenvalue weighted by Crippen LogP contribution is 2.36. The van der Waals surface area contributed by atoms with Crippen LogP contribution < -0.4 is 14.7 Å². The van der Waals surface area contributed by atoms with E-state index in [0.29, 0.717) is 5.92 Å². The van der Waals surface area contributed by atoms with Crippen LogP contribution in [0.25, 0.3) is 29.4 Å². The highest BCUT2D eigenvalue weighted by molar-refractivity contribution is 6.89. The molecule has 0 aliphatic carbocycles. The summed E-state index contributed by atoms with van der Waals surface area (Å²) < 4.78 is 13.2. The summed E-state index contributed by atoms with van der Waals surface area (Å²) in [6.07, 6.45) is 25.5. The van der Waals surface area contributed by atoms with Gasteiger partial charge in [-0.2, -0.15) is 0 Å². The third-order valence-corrected chi connectivity index (χ3v) is 13.7. The lowest BCUT2D eigenvalue weighted by Gasteiger charge is -2.30. The molecule has 4 rings (SSSR count). The van der Waals surface area contributed by atoms with Crippen LogP contribution in [0.2, 0.25) is 19.1 Å². The number of unbranched alkanes of at least 4 members (excludes halogenated alkanes) is 5. The van der Waals surface area contributed by atoms with E-state index in [1.54, 1.807) is 12.3 Å². The van der Waals surface area contributed by atoms with E-state index in [2.05, 4.69) is 119 Å². The highest BCUT2D eigenvalue weighted by Gasteiger charge is 2.26. The van der Waals surface area contributed by atoms with E-state index in [1.165, 1.54) is 99.8 Å². The number of rotatable bonds is 11. The fourth-order valence-electron chi connectivity index (χ4n) is 7.30. The normalized spacial score (nSPS) is 19.2. The summed E-state index contributed by atoms with van der Waals surface area (Å²) in [6, 6.07) is 24.0. The van der Waals surface area contributed by atoms with Crippen LogP contribution >= 0.6 is 0 Å². The van der Waals surface area contributed by atoms with Crippen LogP contribution in [0.15, 0.2) is 66.7 Å². The van der Waals surface area contributed by atoms with E-state index in [0.717, 1.165) is 29.0 Å². The SMILES string of the molecule is C/C=C/c1cc(OC)c2cc1OC(CCCCC)C(CCCCCC)CCCCC[Si](C)(C)c1cccc(c1)-c1ccccc1/C=C/2. The van der Waals surface area contributed by atoms with Crippen molar-refractivity contribution in [3.8, 4) is 22.6 Å². The molecule has 0 amide bonds. The fraction of sp³-hybridized carbons (Fsp3) is 0.500. The first kappa shape index (κ1) is 36.8. The second kappa shape index (κ2) is 19.1. The van der Waals surface area contributed by atoms with E-state index < -0.39 is 8.07 Å². The zero-order valence-electron chi connectivity index (χ0n) is 30.5. The molecular formula is C44H62O2Si. The monoisotopic (exact) mass is 650 g/mol. The van der Waals surface area contributed by atoms with Crippen LogP contribution in [0.3, 0.4) is 0 Å². The van der Waals surface area contributed by atoms with Crippen LogP contribution in [-0.4, -0.2) is 21.3 Å². The Morgan fingerprint density at radius 3 is 2.36 bits per heavy atom. The van der Waals surface area contributed by atoms with Crippen LogP contribution in [0.5, 0.6) is 11.5 Å². The molecule has 1 aliphatic rings. The molecule has 254 valence electrons. The Labute approximate surface area is 288 Å². The Bertz CT molecular complexity index is 1430. The summed E-state index contributed by atoms with van der Waals surface area (Å²) in [5.74, 6) is 2.44. The van der Waals surface area contributed by atoms with Crippen molar-refractivity contribution in [2.75, 3.05) is 7.11 Å². The van der Waals surface area contributed by atoms with Crippen molar-refractivity contribution in [2.24, 2.45) is 5.92 Å². The molecule has 47 heavy (non-hydrogen) atoms. The standard InChI is InChI=1S/C44H62O2Si/c1-7-10-12-15-23-36-24-16-13-19-31-47(5,6)40-26-20-25-37(32-40)41-27-18-17-22-35(41)29-30-39-34-44(46-42(36)28-14-11-8-2)38(21-9-3)33-43(39)45-4/h9,17-18,20-22,25-27,29-30,32-34,36,42H,7-8,10-16,19,23-24,28,31H2,1-6H3/b21-9+,30-29+. The molecule has 2 unspecified atom stereocenters. The molecule has 0 radical (unpaired) electrons. The van der Waals surface area contributed by atoms with Crippen molar-refractivity contribution in [3.63, 3.8) is 0 Å². The number of fused-ring (bicyclic) bond motifs is 6. The minimum atomic E-state index is -1.57. The average Bonchev–Trinajstić information content (AvgIpc) is 3.08. The van der Waals surface area contributed by atoms with E-state index in [9.17, 15) is 0 Å². The molecule has 4 bridgehead atoms. The zero-order valence-corrected chi connectivity index (χ0v) is 31.5. The van der Waals surface area contributed by atoms with Gasteiger partial charge in [0.15, 0.2) is 0 Å². The van der Waals surface area contributed by atoms with Crippen molar-refractivity contribution in [1.29, 1.82) is 0 Å². The first-order chi connectivity index (χ1) is 22.9. The van der Waals surface area contributed by atoms with Gasteiger partial charge in [0.25, 0.3) is 0 Å². The van der Waals surface area contributed by atoms with Gasteiger partial charge in [-0.3, -0.25) is 0 Å². The Morgan fingerprint density at radius 2 is 1.57 bits per heavy atom. The fourth-order valence-corrected chi connectivity index (χ4v) is 9.81. The van der Waals surface area contributed by atoms with Gasteiger partial charge >= 0.3 is 0 Å². The summed E-state index contributed by atoms with van der Waals surface area (Å²) in [6.45, 7) is 11.8. The molecule has 3 aromatic rings. The molecule has 3 heteroatoms. The van der Waals surface area contributed by atoms with Gasteiger partial charge in [-0.25, -0.2) is 0 Å². The number of ether oxygens (including phenoxy) is 2. The van der Waals surface area contributed by atoms with Gasteiger partial charge in [0.2, 0.25) is 0 Å². The average molecular weight is 651 g/mol. The summed E-state index contributed by atoms with van der Waals surface area (Å²) in [5.41, 5.74) is 5.95. The van der Waals surface area contributed by atoms with Crippen LogP contribution in [0.1, 0.15) is 121 Å². The lowest BCUT2D eigenvalue weighted by molar-refractivity contribution is 0.106. The summed E-state index contributed by atoms with van der Waals surface area (Å²) >= 11 is 0. The van der Waals surface area contributed by atoms with Crippen LogP contribution in [-0.2, 0) is 0 Å². The summed E-state index contributed by atoms with van der Waals surface area (Å²) in [7, 11) is 0.207. The molecule has 0 saturated heterocycles. The largest absolute Gasteiger partial charge is 0.496 e. The number of hydrogen-bond acceptors (Lipinski definition) is 2. The lowest BCUT2D eigenvalue weighted by Crippen LogP contribution is -2.41. The minimum Gasteiger partial charge on any atom is -0.496 e. The predicted octanol–water partition coefficient (Wildman–Crippen LogP) is 13.0. The Hall–Kier alpha value is -3.04. The second-order valence-corrected chi connectivity index (χ2v) is 19.2. The van der Waals surface area contributed by atoms with Crippen molar-refractivity contribution in [2.45, 2.75) is 129 Å². The zero-order chi connectivity index (χ0) is 33.5. The minimum absolute atomic E-state index is 0.229. The maximum absolute atomic E-state index is 7.22. The van der Waals surface area contributed by atoms with Crippen molar-refractivity contribution in [1.82, 2.24) is 0 Å². The van der Waals surface area contributed by atoms with E-state index in [1.807, 2.05) is 0 Å². The Morgan fingerprint density at radius 1 is 0.809 bits per heavy atom. The van der Waals surface area contributed by atoms with Crippen LogP contribution in [0, 0.1) is 5.92 Å². The smallest absolute Gasteiger partial charge is 0.127 e. The molecule has 3 aromatic carbocycles. The van der Waals surface area contributed by atoms with Gasteiger partial charge < -0.3 is 9.47 Å². The molecule has 2 nitrogen and oxygen atoms in total. The lowest BCUT2D eigenvalue weighted by atomic mass is 9.87. The maximum Gasteiger partial charge on any atom is 0.127 e. The Balaban J connectivity index is 1.81. The number of hydrogen-bond donors (Lipinski definition) is 0. The first-order valence-corrected chi connectivity index (χ1v) is 22.0. The summed E-state index contributed by atoms with van der Waals surface area (Å²) in [4.78, 5) is 0. The molecule has 1 heterocycles. The van der Waals surface area contributed by atoms with Gasteiger partial charge in [-0.05, 0) is 67.3 Å². The third kappa shape index (κ3) is 10.7. The van der Waals surface area contributed by atoms with Gasteiger partial charge in [-0.1, -0.05) is 169 Å². The molecule has 1 aliphatic heterocycles. The maximum atomic E-state index is 7.22. The van der Waals surface area contributed by atoms with Gasteiger partial charge in [-0.15, -0.1) is 0 Å². The van der Waals surface area contributed by atoms with Gasteiger partial charge in [0.1, 0.15) is 17.6 Å². The second-order valence-electron chi connectivity index (χ2n) is 14.4. The number of methoxy groups -OCH3 is 1. The molecule has 0 spiro atoms. The van der Waals surface area contributed by atoms with Crippen molar-refractivity contribution < 1.29 is 9.47 Å². The topological polar surface area (TPSA) is 18.5 Å². The molecule has 2 atom stereocenters. The molecular weight excluding hydrogens is 589 g/mol. The molecule has 0 N–H and O–H groups in total. The molecule has 0 saturated carbocycles. The number of benzene rings is 3. The first-order valence-electron chi connectivity index (χ1n) is 18.8. The van der Waals surface area contributed by atoms with E-state index in [4.69, 9.17) is 9.47 Å². The number of allylic oxidation sites excluding steroid dienone is 1.